The molecule has 1 aromatic heterocycles. The molecule has 0 radical (unpaired) electrons. The van der Waals surface area contributed by atoms with Crippen LogP contribution in [-0.4, -0.2) is 33.9 Å². The Bertz CT molecular complexity index is 651. The van der Waals surface area contributed by atoms with Gasteiger partial charge in [-0.25, -0.2) is 14.4 Å². The van der Waals surface area contributed by atoms with Crippen LogP contribution in [0.15, 0.2) is 42.9 Å². The van der Waals surface area contributed by atoms with E-state index in [1.54, 1.807) is 23.2 Å². The van der Waals surface area contributed by atoms with Gasteiger partial charge in [-0.2, -0.15) is 0 Å². The van der Waals surface area contributed by atoms with Gasteiger partial charge in [0.25, 0.3) is 5.91 Å². The SMILES string of the molecule is O=C(COc1ccccc1F)N1CCC[C@@H]1c1ccncn1. The summed E-state index contributed by atoms with van der Waals surface area (Å²) in [6.07, 6.45) is 4.92. The molecule has 114 valence electrons. The van der Waals surface area contributed by atoms with Crippen LogP contribution in [0.25, 0.3) is 0 Å². The molecule has 22 heavy (non-hydrogen) atoms. The number of nitrogens with zero attached hydrogens (tertiary/aromatic N) is 3. The number of ether oxygens (including phenoxy) is 1. The summed E-state index contributed by atoms with van der Waals surface area (Å²) in [7, 11) is 0. The number of halogens is 1. The highest BCUT2D eigenvalue weighted by molar-refractivity contribution is 5.78. The summed E-state index contributed by atoms with van der Waals surface area (Å²) in [5.41, 5.74) is 0.826. The molecule has 1 saturated heterocycles. The molecule has 1 atom stereocenters. The summed E-state index contributed by atoms with van der Waals surface area (Å²) < 4.78 is 18.8. The van der Waals surface area contributed by atoms with E-state index in [4.69, 9.17) is 4.74 Å². The molecule has 1 fully saturated rings. The highest BCUT2D eigenvalue weighted by atomic mass is 19.1. The molecule has 2 heterocycles. The van der Waals surface area contributed by atoms with Crippen LogP contribution in [0.4, 0.5) is 4.39 Å². The summed E-state index contributed by atoms with van der Waals surface area (Å²) in [5.74, 6) is -0.540. The van der Waals surface area contributed by atoms with Crippen LogP contribution in [0.5, 0.6) is 5.75 Å². The van der Waals surface area contributed by atoms with Crippen LogP contribution in [0.1, 0.15) is 24.6 Å². The fourth-order valence-electron chi connectivity index (χ4n) is 2.65. The summed E-state index contributed by atoms with van der Waals surface area (Å²) in [5, 5.41) is 0. The van der Waals surface area contributed by atoms with Gasteiger partial charge >= 0.3 is 0 Å². The largest absolute Gasteiger partial charge is 0.481 e. The van der Waals surface area contributed by atoms with Crippen LogP contribution in [0, 0.1) is 5.82 Å². The van der Waals surface area contributed by atoms with E-state index in [9.17, 15) is 9.18 Å². The monoisotopic (exact) mass is 301 g/mol. The molecule has 1 aromatic carbocycles. The minimum atomic E-state index is -0.468. The maximum Gasteiger partial charge on any atom is 0.261 e. The van der Waals surface area contributed by atoms with Crippen molar-refractivity contribution in [2.75, 3.05) is 13.2 Å². The van der Waals surface area contributed by atoms with Crippen LogP contribution < -0.4 is 4.74 Å². The molecule has 2 aromatic rings. The smallest absolute Gasteiger partial charge is 0.261 e. The summed E-state index contributed by atoms with van der Waals surface area (Å²) in [6, 6.07) is 7.82. The number of para-hydroxylation sites is 1. The van der Waals surface area contributed by atoms with Crippen LogP contribution >= 0.6 is 0 Å². The molecule has 0 unspecified atom stereocenters. The number of hydrogen-bond donors (Lipinski definition) is 0. The lowest BCUT2D eigenvalue weighted by Crippen LogP contribution is -2.34. The number of amides is 1. The number of carbonyl (C=O) groups is 1. The van der Waals surface area contributed by atoms with Gasteiger partial charge in [0, 0.05) is 12.7 Å². The standard InChI is InChI=1S/C16H16FN3O2/c17-12-4-1-2-6-15(12)22-10-16(21)20-9-3-5-14(20)13-7-8-18-11-19-13/h1-2,4,6-8,11,14H,3,5,9-10H2/t14-/m1/s1. The second-order valence-electron chi connectivity index (χ2n) is 5.10. The average molecular weight is 301 g/mol. The van der Waals surface area contributed by atoms with Gasteiger partial charge in [-0.05, 0) is 31.0 Å². The third-order valence-electron chi connectivity index (χ3n) is 3.71. The van der Waals surface area contributed by atoms with Gasteiger partial charge in [0.2, 0.25) is 0 Å². The Kier molecular flexibility index (Phi) is 4.27. The minimum Gasteiger partial charge on any atom is -0.481 e. The third-order valence-corrected chi connectivity index (χ3v) is 3.71. The Balaban J connectivity index is 1.65. The van der Waals surface area contributed by atoms with Crippen molar-refractivity contribution in [3.05, 3.63) is 54.4 Å². The molecule has 3 rings (SSSR count). The maximum absolute atomic E-state index is 13.5. The molecule has 0 bridgehead atoms. The van der Waals surface area contributed by atoms with E-state index in [-0.39, 0.29) is 24.3 Å². The van der Waals surface area contributed by atoms with Crippen LogP contribution in [0.3, 0.4) is 0 Å². The van der Waals surface area contributed by atoms with Gasteiger partial charge in [-0.1, -0.05) is 12.1 Å². The molecule has 0 N–H and O–H groups in total. The fraction of sp³-hybridized carbons (Fsp3) is 0.312. The molecular weight excluding hydrogens is 285 g/mol. The van der Waals surface area contributed by atoms with Crippen molar-refractivity contribution in [3.63, 3.8) is 0 Å². The van der Waals surface area contributed by atoms with E-state index >= 15 is 0 Å². The van der Waals surface area contributed by atoms with Crippen LogP contribution in [-0.2, 0) is 4.79 Å². The molecule has 1 aliphatic heterocycles. The van der Waals surface area contributed by atoms with Gasteiger partial charge < -0.3 is 9.64 Å². The van der Waals surface area contributed by atoms with Crippen molar-refractivity contribution >= 4 is 5.91 Å². The van der Waals surface area contributed by atoms with Crippen molar-refractivity contribution < 1.29 is 13.9 Å². The Morgan fingerprint density at radius 1 is 1.36 bits per heavy atom. The van der Waals surface area contributed by atoms with Crippen molar-refractivity contribution in [2.45, 2.75) is 18.9 Å². The van der Waals surface area contributed by atoms with E-state index in [1.807, 2.05) is 6.07 Å². The first-order valence-electron chi connectivity index (χ1n) is 7.18. The number of likely N-dealkylation sites (tertiary alicyclic amines) is 1. The predicted molar refractivity (Wildman–Crippen MR) is 77.6 cm³/mol. The molecule has 1 aliphatic rings. The summed E-state index contributed by atoms with van der Waals surface area (Å²) in [4.78, 5) is 22.2. The minimum absolute atomic E-state index is 0.0558. The van der Waals surface area contributed by atoms with Gasteiger partial charge in [-0.3, -0.25) is 4.79 Å². The quantitative estimate of drug-likeness (QED) is 0.870. The van der Waals surface area contributed by atoms with Gasteiger partial charge in [0.05, 0.1) is 11.7 Å². The number of hydrogen-bond acceptors (Lipinski definition) is 4. The second kappa shape index (κ2) is 6.51. The Morgan fingerprint density at radius 3 is 3.00 bits per heavy atom. The second-order valence-corrected chi connectivity index (χ2v) is 5.10. The first-order chi connectivity index (χ1) is 10.8. The van der Waals surface area contributed by atoms with E-state index in [2.05, 4.69) is 9.97 Å². The van der Waals surface area contributed by atoms with Crippen molar-refractivity contribution in [2.24, 2.45) is 0 Å². The molecule has 0 saturated carbocycles. The van der Waals surface area contributed by atoms with Gasteiger partial charge in [0.15, 0.2) is 18.2 Å². The Hall–Kier alpha value is -2.50. The van der Waals surface area contributed by atoms with Crippen molar-refractivity contribution in [3.8, 4) is 5.75 Å². The van der Waals surface area contributed by atoms with E-state index in [0.717, 1.165) is 18.5 Å². The summed E-state index contributed by atoms with van der Waals surface area (Å²) in [6.45, 7) is 0.483. The molecular formula is C16H16FN3O2. The zero-order valence-corrected chi connectivity index (χ0v) is 12.0. The fourth-order valence-corrected chi connectivity index (χ4v) is 2.65. The average Bonchev–Trinajstić information content (AvgIpc) is 3.04. The Labute approximate surface area is 127 Å². The molecule has 6 heteroatoms. The van der Waals surface area contributed by atoms with E-state index in [0.29, 0.717) is 6.54 Å². The predicted octanol–water partition coefficient (Wildman–Crippen LogP) is 2.36. The number of benzene rings is 1. The highest BCUT2D eigenvalue weighted by Gasteiger charge is 2.31. The number of carbonyl (C=O) groups excluding carboxylic acids is 1. The first-order valence-corrected chi connectivity index (χ1v) is 7.18. The molecule has 0 aliphatic carbocycles. The molecule has 5 nitrogen and oxygen atoms in total. The zero-order valence-electron chi connectivity index (χ0n) is 12.0. The normalized spacial score (nSPS) is 17.5. The molecule has 0 spiro atoms. The third kappa shape index (κ3) is 3.05. The Morgan fingerprint density at radius 2 is 2.23 bits per heavy atom. The van der Waals surface area contributed by atoms with Crippen LogP contribution in [0.2, 0.25) is 0 Å². The van der Waals surface area contributed by atoms with E-state index in [1.165, 1.54) is 18.5 Å². The van der Waals surface area contributed by atoms with Gasteiger partial charge in [0.1, 0.15) is 6.33 Å². The van der Waals surface area contributed by atoms with Crippen molar-refractivity contribution in [1.82, 2.24) is 14.9 Å². The first kappa shape index (κ1) is 14.4. The zero-order chi connectivity index (χ0) is 15.4. The lowest BCUT2D eigenvalue weighted by molar-refractivity contribution is -0.134. The molecule has 1 amide bonds. The van der Waals surface area contributed by atoms with Gasteiger partial charge in [-0.15, -0.1) is 0 Å². The van der Waals surface area contributed by atoms with E-state index < -0.39 is 5.82 Å². The lowest BCUT2D eigenvalue weighted by atomic mass is 10.1. The highest BCUT2D eigenvalue weighted by Crippen LogP contribution is 2.30. The maximum atomic E-state index is 13.5. The number of aromatic nitrogens is 2. The topological polar surface area (TPSA) is 55.3 Å². The lowest BCUT2D eigenvalue weighted by Gasteiger charge is -2.24. The number of rotatable bonds is 4. The van der Waals surface area contributed by atoms with Crippen molar-refractivity contribution in [1.29, 1.82) is 0 Å². The summed E-state index contributed by atoms with van der Waals surface area (Å²) >= 11 is 0.